The van der Waals surface area contributed by atoms with Crippen molar-refractivity contribution in [3.63, 3.8) is 0 Å². The zero-order chi connectivity index (χ0) is 17.6. The van der Waals surface area contributed by atoms with Crippen molar-refractivity contribution in [3.8, 4) is 0 Å². The maximum Gasteiger partial charge on any atom is 0.234 e. The third-order valence-electron chi connectivity index (χ3n) is 3.78. The number of thioether (sulfide) groups is 1. The summed E-state index contributed by atoms with van der Waals surface area (Å²) in [7, 11) is 0. The first-order chi connectivity index (χ1) is 12.1. The molecule has 0 radical (unpaired) electrons. The summed E-state index contributed by atoms with van der Waals surface area (Å²) in [4.78, 5) is 30.3. The van der Waals surface area contributed by atoms with E-state index < -0.39 is 0 Å². The van der Waals surface area contributed by atoms with Crippen LogP contribution in [0.1, 0.15) is 18.5 Å². The number of thiazole rings is 1. The Morgan fingerprint density at radius 3 is 2.68 bits per heavy atom. The summed E-state index contributed by atoms with van der Waals surface area (Å²) in [5.74, 6) is -0.189. The van der Waals surface area contributed by atoms with E-state index in [1.807, 2.05) is 10.3 Å². The van der Waals surface area contributed by atoms with Gasteiger partial charge in [-0.3, -0.25) is 9.59 Å². The predicted octanol–water partition coefficient (Wildman–Crippen LogP) is 3.18. The molecule has 1 saturated heterocycles. The lowest BCUT2D eigenvalue weighted by Crippen LogP contribution is -2.29. The summed E-state index contributed by atoms with van der Waals surface area (Å²) in [6, 6.07) is 5.63. The average Bonchev–Trinajstić information content (AvgIpc) is 3.27. The maximum atomic E-state index is 12.8. The first-order valence-corrected chi connectivity index (χ1v) is 9.87. The van der Waals surface area contributed by atoms with E-state index in [-0.39, 0.29) is 23.4 Å². The summed E-state index contributed by atoms with van der Waals surface area (Å²) in [5.41, 5.74) is 1.31. The van der Waals surface area contributed by atoms with Crippen molar-refractivity contribution in [2.45, 2.75) is 23.6 Å². The third-order valence-corrected chi connectivity index (χ3v) is 5.85. The Kier molecular flexibility index (Phi) is 6.04. The van der Waals surface area contributed by atoms with Crippen molar-refractivity contribution >= 4 is 40.6 Å². The lowest BCUT2D eigenvalue weighted by Gasteiger charge is -2.13. The lowest BCUT2D eigenvalue weighted by molar-refractivity contribution is -0.129. The highest BCUT2D eigenvalue weighted by Crippen LogP contribution is 2.23. The fraction of sp³-hybridized carbons (Fsp3) is 0.353. The molecule has 8 heteroatoms. The van der Waals surface area contributed by atoms with E-state index in [4.69, 9.17) is 0 Å². The average molecular weight is 379 g/mol. The minimum Gasteiger partial charge on any atom is -0.342 e. The number of nitrogens with zero attached hydrogens (tertiary/aromatic N) is 2. The Morgan fingerprint density at radius 1 is 1.24 bits per heavy atom. The topological polar surface area (TPSA) is 62.3 Å². The molecule has 2 heterocycles. The molecule has 132 valence electrons. The summed E-state index contributed by atoms with van der Waals surface area (Å²) < 4.78 is 13.6. The lowest BCUT2D eigenvalue weighted by atomic mass is 10.3. The minimum atomic E-state index is -0.342. The van der Waals surface area contributed by atoms with Crippen LogP contribution in [0.3, 0.4) is 0 Å². The second kappa shape index (κ2) is 8.44. The third kappa shape index (κ3) is 5.27. The van der Waals surface area contributed by atoms with Crippen LogP contribution in [0.2, 0.25) is 0 Å². The zero-order valence-corrected chi connectivity index (χ0v) is 15.2. The SMILES string of the molecule is O=C(CSc1nc(CC(=O)N2CCCC2)cs1)Nc1ccc(F)cc1. The molecule has 1 fully saturated rings. The Morgan fingerprint density at radius 2 is 1.96 bits per heavy atom. The monoisotopic (exact) mass is 379 g/mol. The molecule has 25 heavy (non-hydrogen) atoms. The molecule has 0 saturated carbocycles. The maximum absolute atomic E-state index is 12.8. The van der Waals surface area contributed by atoms with E-state index in [1.165, 1.54) is 47.4 Å². The molecule has 1 N–H and O–H groups in total. The van der Waals surface area contributed by atoms with Crippen LogP contribution in [0.25, 0.3) is 0 Å². The summed E-state index contributed by atoms with van der Waals surface area (Å²) in [6.07, 6.45) is 2.47. The second-order valence-corrected chi connectivity index (χ2v) is 7.79. The number of likely N-dealkylation sites (tertiary alicyclic amines) is 1. The zero-order valence-electron chi connectivity index (χ0n) is 13.5. The summed E-state index contributed by atoms with van der Waals surface area (Å²) in [5, 5.41) is 4.57. The van der Waals surface area contributed by atoms with Crippen LogP contribution >= 0.6 is 23.1 Å². The number of carbonyl (C=O) groups excluding carboxylic acids is 2. The van der Waals surface area contributed by atoms with E-state index in [0.29, 0.717) is 12.1 Å². The molecule has 5 nitrogen and oxygen atoms in total. The standard InChI is InChI=1S/C17H18FN3O2S2/c18-12-3-5-13(6-4-12)19-15(22)11-25-17-20-14(10-24-17)9-16(23)21-7-1-2-8-21/h3-6,10H,1-2,7-9,11H2,(H,19,22). The number of carbonyl (C=O) groups is 2. The number of hydrogen-bond donors (Lipinski definition) is 1. The molecular formula is C17H18FN3O2S2. The Balaban J connectivity index is 1.45. The van der Waals surface area contributed by atoms with Crippen molar-refractivity contribution < 1.29 is 14.0 Å². The quantitative estimate of drug-likeness (QED) is 0.783. The minimum absolute atomic E-state index is 0.119. The van der Waals surface area contributed by atoms with Crippen LogP contribution in [0.4, 0.5) is 10.1 Å². The van der Waals surface area contributed by atoms with Gasteiger partial charge in [0.2, 0.25) is 11.8 Å². The van der Waals surface area contributed by atoms with E-state index in [0.717, 1.165) is 36.0 Å². The highest BCUT2D eigenvalue weighted by atomic mass is 32.2. The van der Waals surface area contributed by atoms with Gasteiger partial charge in [-0.1, -0.05) is 11.8 Å². The van der Waals surface area contributed by atoms with Crippen LogP contribution in [-0.4, -0.2) is 40.5 Å². The molecule has 0 aliphatic carbocycles. The molecule has 1 aromatic heterocycles. The molecular weight excluding hydrogens is 361 g/mol. The largest absolute Gasteiger partial charge is 0.342 e. The number of hydrogen-bond acceptors (Lipinski definition) is 5. The van der Waals surface area contributed by atoms with Crippen molar-refractivity contribution in [1.82, 2.24) is 9.88 Å². The number of aromatic nitrogens is 1. The summed E-state index contributed by atoms with van der Waals surface area (Å²) in [6.45, 7) is 1.68. The highest BCUT2D eigenvalue weighted by Gasteiger charge is 2.19. The van der Waals surface area contributed by atoms with Gasteiger partial charge >= 0.3 is 0 Å². The van der Waals surface area contributed by atoms with E-state index in [1.54, 1.807) is 0 Å². The van der Waals surface area contributed by atoms with Gasteiger partial charge in [0.15, 0.2) is 4.34 Å². The second-order valence-electron chi connectivity index (χ2n) is 5.71. The molecule has 2 amide bonds. The highest BCUT2D eigenvalue weighted by molar-refractivity contribution is 8.01. The van der Waals surface area contributed by atoms with Gasteiger partial charge in [0.05, 0.1) is 17.9 Å². The van der Waals surface area contributed by atoms with Crippen molar-refractivity contribution in [1.29, 1.82) is 0 Å². The molecule has 2 aromatic rings. The molecule has 1 aliphatic heterocycles. The number of nitrogens with one attached hydrogen (secondary N) is 1. The smallest absolute Gasteiger partial charge is 0.234 e. The van der Waals surface area contributed by atoms with Crippen LogP contribution in [0.15, 0.2) is 34.0 Å². The molecule has 1 aliphatic rings. The van der Waals surface area contributed by atoms with Gasteiger partial charge in [-0.05, 0) is 37.1 Å². The van der Waals surface area contributed by atoms with Crippen molar-refractivity contribution in [2.24, 2.45) is 0 Å². The number of halogens is 1. The Bertz CT molecular complexity index is 743. The first-order valence-electron chi connectivity index (χ1n) is 8.00. The number of rotatable bonds is 6. The molecule has 0 atom stereocenters. The van der Waals surface area contributed by atoms with Gasteiger partial charge in [0.1, 0.15) is 5.82 Å². The molecule has 1 aromatic carbocycles. The van der Waals surface area contributed by atoms with Crippen LogP contribution in [0.5, 0.6) is 0 Å². The molecule has 3 rings (SSSR count). The summed E-state index contributed by atoms with van der Waals surface area (Å²) >= 11 is 2.76. The van der Waals surface area contributed by atoms with Gasteiger partial charge in [-0.2, -0.15) is 0 Å². The Hall–Kier alpha value is -1.93. The van der Waals surface area contributed by atoms with Crippen LogP contribution < -0.4 is 5.32 Å². The van der Waals surface area contributed by atoms with Crippen LogP contribution in [-0.2, 0) is 16.0 Å². The molecule has 0 unspecified atom stereocenters. The van der Waals surface area contributed by atoms with Gasteiger partial charge in [0, 0.05) is 24.2 Å². The van der Waals surface area contributed by atoms with Crippen molar-refractivity contribution in [3.05, 3.63) is 41.2 Å². The van der Waals surface area contributed by atoms with Gasteiger partial charge in [-0.15, -0.1) is 11.3 Å². The van der Waals surface area contributed by atoms with Gasteiger partial charge in [0.25, 0.3) is 0 Å². The van der Waals surface area contributed by atoms with E-state index in [9.17, 15) is 14.0 Å². The molecule has 0 spiro atoms. The number of amides is 2. The van der Waals surface area contributed by atoms with E-state index in [2.05, 4.69) is 10.3 Å². The van der Waals surface area contributed by atoms with E-state index >= 15 is 0 Å². The fourth-order valence-corrected chi connectivity index (χ4v) is 4.17. The van der Waals surface area contributed by atoms with Gasteiger partial charge in [-0.25, -0.2) is 9.37 Å². The fourth-order valence-electron chi connectivity index (χ4n) is 2.53. The normalized spacial score (nSPS) is 13.9. The van der Waals surface area contributed by atoms with Gasteiger partial charge < -0.3 is 10.2 Å². The molecule has 0 bridgehead atoms. The first kappa shape index (κ1) is 17.9. The predicted molar refractivity (Wildman–Crippen MR) is 97.4 cm³/mol. The van der Waals surface area contributed by atoms with Crippen molar-refractivity contribution in [2.75, 3.05) is 24.2 Å². The Labute approximate surface area is 153 Å². The van der Waals surface area contributed by atoms with Crippen LogP contribution in [0, 0.1) is 5.82 Å². The number of benzene rings is 1. The number of anilines is 1.